The molecule has 1 fully saturated rings. The number of ether oxygens (including phenoxy) is 1. The maximum atomic E-state index is 11.5. The van der Waals surface area contributed by atoms with Gasteiger partial charge in [0.05, 0.1) is 6.10 Å². The van der Waals surface area contributed by atoms with Crippen molar-refractivity contribution in [3.05, 3.63) is 0 Å². The van der Waals surface area contributed by atoms with Crippen LogP contribution in [0, 0.1) is 0 Å². The van der Waals surface area contributed by atoms with Gasteiger partial charge >= 0.3 is 6.36 Å². The summed E-state index contributed by atoms with van der Waals surface area (Å²) in [6.45, 7) is 1.95. The van der Waals surface area contributed by atoms with Crippen LogP contribution in [0.5, 0.6) is 0 Å². The lowest BCUT2D eigenvalue weighted by Crippen LogP contribution is -2.58. The van der Waals surface area contributed by atoms with Crippen LogP contribution in [0.15, 0.2) is 0 Å². The highest BCUT2D eigenvalue weighted by Gasteiger charge is 2.39. The quantitative estimate of drug-likeness (QED) is 0.607. The first kappa shape index (κ1) is 7.81. The molecular weight excluding hydrogens is 147 g/mol. The number of hydrogen-bond acceptors (Lipinski definition) is 2. The fourth-order valence-corrected chi connectivity index (χ4v) is 0.765. The molecule has 0 amide bonds. The minimum atomic E-state index is -4.49. The average Bonchev–Trinajstić information content (AvgIpc) is 1.78. The van der Waals surface area contributed by atoms with Crippen molar-refractivity contribution in [3.63, 3.8) is 0 Å². The Morgan fingerprint density at radius 3 is 2.20 bits per heavy atom. The van der Waals surface area contributed by atoms with Crippen LogP contribution >= 0.6 is 0 Å². The van der Waals surface area contributed by atoms with Crippen LogP contribution in [0.1, 0.15) is 6.92 Å². The van der Waals surface area contributed by atoms with Crippen molar-refractivity contribution in [2.45, 2.75) is 25.4 Å². The van der Waals surface area contributed by atoms with Crippen LogP contribution in [-0.2, 0) is 4.74 Å². The first-order chi connectivity index (χ1) is 4.49. The van der Waals surface area contributed by atoms with Gasteiger partial charge in [0, 0.05) is 12.6 Å². The monoisotopic (exact) mass is 155 g/mol. The lowest BCUT2D eigenvalue weighted by atomic mass is 10.1. The summed E-state index contributed by atoms with van der Waals surface area (Å²) in [5.74, 6) is 0. The number of hydrogen-bond donors (Lipinski definition) is 1. The topological polar surface area (TPSA) is 21.3 Å². The van der Waals surface area contributed by atoms with Crippen molar-refractivity contribution < 1.29 is 17.9 Å². The molecule has 0 spiro atoms. The highest BCUT2D eigenvalue weighted by Crippen LogP contribution is 2.22. The minimum absolute atomic E-state index is 0.179. The summed E-state index contributed by atoms with van der Waals surface area (Å²) < 4.78 is 38.1. The molecule has 1 N–H and O–H groups in total. The van der Waals surface area contributed by atoms with E-state index in [9.17, 15) is 13.2 Å². The predicted molar refractivity (Wildman–Crippen MR) is 28.4 cm³/mol. The molecule has 2 nitrogen and oxygen atoms in total. The summed E-state index contributed by atoms with van der Waals surface area (Å²) in [7, 11) is 0. The Hall–Kier alpha value is -0.290. The second-order valence-corrected chi connectivity index (χ2v) is 2.30. The number of rotatable bonds is 1. The van der Waals surface area contributed by atoms with Gasteiger partial charge in [0.2, 0.25) is 0 Å². The number of halogens is 3. The standard InChI is InChI=1S/C5H8F3NO/c1-3-4(2-9-3)10-5(6,7)8/h3-4,9H,2H2,1H3/t3-,4-/m0/s1. The summed E-state index contributed by atoms with van der Waals surface area (Å²) in [5, 5.41) is 2.76. The molecule has 2 atom stereocenters. The molecule has 1 aliphatic heterocycles. The molecule has 1 rings (SSSR count). The van der Waals surface area contributed by atoms with Gasteiger partial charge in [-0.3, -0.25) is 4.74 Å². The van der Waals surface area contributed by atoms with E-state index in [1.165, 1.54) is 0 Å². The molecule has 0 aromatic carbocycles. The van der Waals surface area contributed by atoms with E-state index in [1.807, 2.05) is 0 Å². The zero-order chi connectivity index (χ0) is 7.78. The van der Waals surface area contributed by atoms with Gasteiger partial charge in [-0.1, -0.05) is 0 Å². The van der Waals surface area contributed by atoms with Crippen molar-refractivity contribution in [2.75, 3.05) is 6.54 Å². The van der Waals surface area contributed by atoms with E-state index < -0.39 is 12.5 Å². The van der Waals surface area contributed by atoms with Crippen LogP contribution < -0.4 is 5.32 Å². The number of alkyl halides is 3. The summed E-state index contributed by atoms with van der Waals surface area (Å²) in [6, 6.07) is -0.179. The third kappa shape index (κ3) is 1.85. The van der Waals surface area contributed by atoms with Crippen LogP contribution in [0.3, 0.4) is 0 Å². The summed E-state index contributed by atoms with van der Waals surface area (Å²) in [4.78, 5) is 0. The molecule has 0 saturated carbocycles. The molecular formula is C5H8F3NO. The summed E-state index contributed by atoms with van der Waals surface area (Å²) >= 11 is 0. The normalized spacial score (nSPS) is 33.6. The predicted octanol–water partition coefficient (Wildman–Crippen LogP) is 0.883. The van der Waals surface area contributed by atoms with E-state index in [2.05, 4.69) is 10.1 Å². The van der Waals surface area contributed by atoms with E-state index in [4.69, 9.17) is 0 Å². The molecule has 1 heterocycles. The first-order valence-electron chi connectivity index (χ1n) is 2.97. The zero-order valence-electron chi connectivity index (χ0n) is 5.40. The zero-order valence-corrected chi connectivity index (χ0v) is 5.40. The fourth-order valence-electron chi connectivity index (χ4n) is 0.765. The van der Waals surface area contributed by atoms with E-state index in [-0.39, 0.29) is 6.04 Å². The van der Waals surface area contributed by atoms with Gasteiger partial charge in [0.25, 0.3) is 0 Å². The third-order valence-electron chi connectivity index (χ3n) is 1.48. The lowest BCUT2D eigenvalue weighted by molar-refractivity contribution is -0.351. The SMILES string of the molecule is C[C@@H]1NC[C@@H]1OC(F)(F)F. The molecule has 0 bridgehead atoms. The Bertz CT molecular complexity index is 125. The Balaban J connectivity index is 2.26. The third-order valence-corrected chi connectivity index (χ3v) is 1.48. The van der Waals surface area contributed by atoms with Crippen LogP contribution in [0.2, 0.25) is 0 Å². The Kier molecular flexibility index (Phi) is 1.87. The minimum Gasteiger partial charge on any atom is -0.309 e. The van der Waals surface area contributed by atoms with Crippen LogP contribution in [0.25, 0.3) is 0 Å². The highest BCUT2D eigenvalue weighted by molar-refractivity contribution is 4.85. The van der Waals surface area contributed by atoms with Gasteiger partial charge in [-0.2, -0.15) is 0 Å². The second-order valence-electron chi connectivity index (χ2n) is 2.30. The second kappa shape index (κ2) is 2.39. The van der Waals surface area contributed by atoms with E-state index in [0.717, 1.165) is 0 Å². The van der Waals surface area contributed by atoms with Crippen molar-refractivity contribution in [2.24, 2.45) is 0 Å². The van der Waals surface area contributed by atoms with E-state index in [1.54, 1.807) is 6.92 Å². The highest BCUT2D eigenvalue weighted by atomic mass is 19.4. The van der Waals surface area contributed by atoms with Gasteiger partial charge in [-0.25, -0.2) is 0 Å². The Morgan fingerprint density at radius 1 is 1.50 bits per heavy atom. The molecule has 0 aromatic rings. The molecule has 0 radical (unpaired) electrons. The molecule has 5 heteroatoms. The Labute approximate surface area is 56.4 Å². The molecule has 1 aliphatic rings. The smallest absolute Gasteiger partial charge is 0.309 e. The lowest BCUT2D eigenvalue weighted by Gasteiger charge is -2.35. The molecule has 0 aliphatic carbocycles. The summed E-state index contributed by atoms with van der Waals surface area (Å²) in [6.07, 6.45) is -5.18. The van der Waals surface area contributed by atoms with Crippen molar-refractivity contribution >= 4 is 0 Å². The Morgan fingerprint density at radius 2 is 2.10 bits per heavy atom. The number of nitrogens with one attached hydrogen (secondary N) is 1. The van der Waals surface area contributed by atoms with Gasteiger partial charge in [0.15, 0.2) is 0 Å². The maximum Gasteiger partial charge on any atom is 0.522 e. The molecule has 0 aromatic heterocycles. The van der Waals surface area contributed by atoms with Crippen molar-refractivity contribution in [1.82, 2.24) is 5.32 Å². The van der Waals surface area contributed by atoms with Gasteiger partial charge < -0.3 is 5.32 Å². The maximum absolute atomic E-state index is 11.5. The average molecular weight is 155 g/mol. The van der Waals surface area contributed by atoms with Crippen molar-refractivity contribution in [3.8, 4) is 0 Å². The van der Waals surface area contributed by atoms with Gasteiger partial charge in [-0.15, -0.1) is 13.2 Å². The molecule has 1 saturated heterocycles. The largest absolute Gasteiger partial charge is 0.522 e. The molecule has 60 valence electrons. The van der Waals surface area contributed by atoms with Crippen LogP contribution in [-0.4, -0.2) is 25.1 Å². The molecule has 10 heavy (non-hydrogen) atoms. The molecule has 0 unspecified atom stereocenters. The van der Waals surface area contributed by atoms with Gasteiger partial charge in [0.1, 0.15) is 0 Å². The van der Waals surface area contributed by atoms with E-state index in [0.29, 0.717) is 6.54 Å². The van der Waals surface area contributed by atoms with E-state index >= 15 is 0 Å². The summed E-state index contributed by atoms with van der Waals surface area (Å²) in [5.41, 5.74) is 0. The van der Waals surface area contributed by atoms with Crippen molar-refractivity contribution in [1.29, 1.82) is 0 Å². The van der Waals surface area contributed by atoms with Gasteiger partial charge in [-0.05, 0) is 6.92 Å². The fraction of sp³-hybridized carbons (Fsp3) is 1.00. The first-order valence-corrected chi connectivity index (χ1v) is 2.97. The van der Waals surface area contributed by atoms with Crippen LogP contribution in [0.4, 0.5) is 13.2 Å².